The minimum Gasteiger partial charge on any atom is -0.310 e. The molecule has 0 radical (unpaired) electrons. The molecule has 60 heavy (non-hydrogen) atoms. The first-order valence-electron chi connectivity index (χ1n) is 20.6. The van der Waals surface area contributed by atoms with Gasteiger partial charge in [0.15, 0.2) is 0 Å². The van der Waals surface area contributed by atoms with Crippen molar-refractivity contribution < 1.29 is 0 Å². The first-order chi connectivity index (χ1) is 29.7. The van der Waals surface area contributed by atoms with Crippen LogP contribution in [0.2, 0.25) is 0 Å². The Morgan fingerprint density at radius 3 is 1.53 bits per heavy atom. The summed E-state index contributed by atoms with van der Waals surface area (Å²) in [5, 5.41) is 5.00. The van der Waals surface area contributed by atoms with E-state index in [0.717, 1.165) is 28.3 Å². The maximum Gasteiger partial charge on any atom is 0.0541 e. The summed E-state index contributed by atoms with van der Waals surface area (Å²) in [4.78, 5) is 2.39. The van der Waals surface area contributed by atoms with Crippen molar-refractivity contribution in [1.29, 1.82) is 0 Å². The van der Waals surface area contributed by atoms with Crippen molar-refractivity contribution >= 4 is 49.6 Å². The van der Waals surface area contributed by atoms with Gasteiger partial charge in [0, 0.05) is 33.5 Å². The summed E-state index contributed by atoms with van der Waals surface area (Å²) >= 11 is 0. The molecule has 0 saturated heterocycles. The van der Waals surface area contributed by atoms with E-state index >= 15 is 0 Å². The highest BCUT2D eigenvalue weighted by molar-refractivity contribution is 6.09. The topological polar surface area (TPSA) is 8.17 Å². The highest BCUT2D eigenvalue weighted by Crippen LogP contribution is 2.41. The van der Waals surface area contributed by atoms with Crippen molar-refractivity contribution in [3.8, 4) is 50.2 Å². The zero-order valence-electron chi connectivity index (χ0n) is 33.0. The number of nitrogens with zero attached hydrogens (tertiary/aromatic N) is 2. The molecule has 0 amide bonds. The Morgan fingerprint density at radius 2 is 0.783 bits per heavy atom. The molecule has 0 bridgehead atoms. The Bertz CT molecular complexity index is 3270. The lowest BCUT2D eigenvalue weighted by Gasteiger charge is -2.27. The lowest BCUT2D eigenvalue weighted by atomic mass is 9.94. The van der Waals surface area contributed by atoms with Gasteiger partial charge in [0.25, 0.3) is 0 Å². The van der Waals surface area contributed by atoms with E-state index in [-0.39, 0.29) is 0 Å². The number of fused-ring (bicyclic) bond motifs is 4. The highest BCUT2D eigenvalue weighted by Gasteiger charge is 2.18. The number of hydrogen-bond donors (Lipinski definition) is 0. The van der Waals surface area contributed by atoms with Gasteiger partial charge in [-0.05, 0) is 122 Å². The van der Waals surface area contributed by atoms with Crippen molar-refractivity contribution in [3.63, 3.8) is 0 Å². The Morgan fingerprint density at radius 1 is 0.267 bits per heavy atom. The third-order valence-electron chi connectivity index (χ3n) is 11.8. The van der Waals surface area contributed by atoms with Crippen LogP contribution in [0.15, 0.2) is 243 Å². The van der Waals surface area contributed by atoms with Crippen LogP contribution >= 0.6 is 0 Å². The fraction of sp³-hybridized carbons (Fsp3) is 0. The Hall–Kier alpha value is -7.94. The molecule has 11 aromatic rings. The molecule has 0 atom stereocenters. The predicted molar refractivity (Wildman–Crippen MR) is 255 cm³/mol. The molecule has 0 N–H and O–H groups in total. The number of para-hydroxylation sites is 2. The van der Waals surface area contributed by atoms with E-state index in [1.165, 1.54) is 71.5 Å². The van der Waals surface area contributed by atoms with Gasteiger partial charge in [-0.15, -0.1) is 0 Å². The van der Waals surface area contributed by atoms with Gasteiger partial charge in [0.2, 0.25) is 0 Å². The number of rotatable bonds is 8. The van der Waals surface area contributed by atoms with Crippen LogP contribution < -0.4 is 4.90 Å². The minimum atomic E-state index is 1.08. The van der Waals surface area contributed by atoms with E-state index in [9.17, 15) is 0 Å². The summed E-state index contributed by atoms with van der Waals surface area (Å²) in [6, 6.07) is 87.9. The van der Waals surface area contributed by atoms with Gasteiger partial charge in [-0.25, -0.2) is 0 Å². The van der Waals surface area contributed by atoms with Gasteiger partial charge in [0.1, 0.15) is 0 Å². The lowest BCUT2D eigenvalue weighted by Crippen LogP contribution is -2.10. The van der Waals surface area contributed by atoms with Crippen molar-refractivity contribution in [2.45, 2.75) is 0 Å². The molecular formula is C58H40N2. The first kappa shape index (κ1) is 35.2. The van der Waals surface area contributed by atoms with Crippen molar-refractivity contribution in [2.24, 2.45) is 0 Å². The van der Waals surface area contributed by atoms with Gasteiger partial charge in [-0.3, -0.25) is 0 Å². The molecule has 0 unspecified atom stereocenters. The summed E-state index contributed by atoms with van der Waals surface area (Å²) in [6.45, 7) is 0. The number of aromatic nitrogens is 1. The average molecular weight is 765 g/mol. The number of anilines is 3. The zero-order chi connectivity index (χ0) is 39.8. The van der Waals surface area contributed by atoms with Crippen LogP contribution in [0.1, 0.15) is 0 Å². The molecule has 1 heterocycles. The molecule has 2 nitrogen and oxygen atoms in total. The molecular weight excluding hydrogens is 725 g/mol. The Balaban J connectivity index is 1.03. The zero-order valence-corrected chi connectivity index (χ0v) is 33.0. The number of benzene rings is 10. The van der Waals surface area contributed by atoms with Crippen molar-refractivity contribution in [1.82, 2.24) is 4.57 Å². The summed E-state index contributed by atoms with van der Waals surface area (Å²) in [5.74, 6) is 0. The van der Waals surface area contributed by atoms with Crippen molar-refractivity contribution in [2.75, 3.05) is 4.90 Å². The second-order valence-corrected chi connectivity index (χ2v) is 15.4. The van der Waals surface area contributed by atoms with Crippen LogP contribution in [0.4, 0.5) is 17.1 Å². The Labute approximate surface area is 350 Å². The molecule has 10 aromatic carbocycles. The average Bonchev–Trinajstić information content (AvgIpc) is 3.67. The van der Waals surface area contributed by atoms with Crippen LogP contribution in [0.25, 0.3) is 82.8 Å². The van der Waals surface area contributed by atoms with Crippen LogP contribution in [0.3, 0.4) is 0 Å². The van der Waals surface area contributed by atoms with Crippen LogP contribution in [-0.4, -0.2) is 4.57 Å². The minimum absolute atomic E-state index is 1.08. The monoisotopic (exact) mass is 764 g/mol. The maximum atomic E-state index is 2.39. The molecule has 282 valence electrons. The van der Waals surface area contributed by atoms with E-state index < -0.39 is 0 Å². The summed E-state index contributed by atoms with van der Waals surface area (Å²) in [6.07, 6.45) is 0. The quantitative estimate of drug-likeness (QED) is 0.150. The molecule has 0 aliphatic carbocycles. The third-order valence-corrected chi connectivity index (χ3v) is 11.8. The summed E-state index contributed by atoms with van der Waals surface area (Å²) in [7, 11) is 0. The lowest BCUT2D eigenvalue weighted by molar-refractivity contribution is 1.17. The third kappa shape index (κ3) is 6.41. The van der Waals surface area contributed by atoms with Crippen LogP contribution in [0, 0.1) is 0 Å². The largest absolute Gasteiger partial charge is 0.310 e. The SMILES string of the molecule is c1ccc(-c2ccccc2-c2cccc(N(c3ccc(-c4cccc(-c5ccc6ccccc6c5)c4)cc3)c3cccc(-n4c5ccccc5c5ccccc54)c3)c2)cc1. The Kier molecular flexibility index (Phi) is 8.87. The fourth-order valence-electron chi connectivity index (χ4n) is 8.89. The molecule has 0 aliphatic heterocycles. The van der Waals surface area contributed by atoms with E-state index in [0.29, 0.717) is 0 Å². The highest BCUT2D eigenvalue weighted by atomic mass is 15.1. The predicted octanol–water partition coefficient (Wildman–Crippen LogP) is 16.1. The first-order valence-corrected chi connectivity index (χ1v) is 20.6. The molecule has 2 heteroatoms. The van der Waals surface area contributed by atoms with E-state index in [2.05, 4.69) is 252 Å². The van der Waals surface area contributed by atoms with E-state index in [1.807, 2.05) is 0 Å². The van der Waals surface area contributed by atoms with Crippen molar-refractivity contribution in [3.05, 3.63) is 243 Å². The molecule has 0 fully saturated rings. The molecule has 0 aliphatic rings. The fourth-order valence-corrected chi connectivity index (χ4v) is 8.89. The normalized spacial score (nSPS) is 11.3. The van der Waals surface area contributed by atoms with Gasteiger partial charge < -0.3 is 9.47 Å². The molecule has 11 rings (SSSR count). The second-order valence-electron chi connectivity index (χ2n) is 15.4. The maximum absolute atomic E-state index is 2.39. The van der Waals surface area contributed by atoms with Gasteiger partial charge in [-0.2, -0.15) is 0 Å². The molecule has 0 saturated carbocycles. The van der Waals surface area contributed by atoms with Gasteiger partial charge in [-0.1, -0.05) is 176 Å². The van der Waals surface area contributed by atoms with E-state index in [4.69, 9.17) is 0 Å². The van der Waals surface area contributed by atoms with E-state index in [1.54, 1.807) is 0 Å². The van der Waals surface area contributed by atoms with Crippen LogP contribution in [0.5, 0.6) is 0 Å². The van der Waals surface area contributed by atoms with Gasteiger partial charge >= 0.3 is 0 Å². The molecule has 1 aromatic heterocycles. The summed E-state index contributed by atoms with van der Waals surface area (Å²) < 4.78 is 2.39. The standard InChI is InChI=1S/C58H40N2/c1-2-16-43(17-3-1)53-25-6-7-26-54(53)48-21-13-22-50(39-48)59(51-23-14-24-52(40-51)60-57-29-10-8-27-55(57)56-28-9-11-30-58(56)60)49-35-33-42(34-36-49)45-19-12-20-46(37-45)47-32-31-41-15-4-5-18-44(41)38-47/h1-40H. The van der Waals surface area contributed by atoms with Crippen LogP contribution in [-0.2, 0) is 0 Å². The molecule has 0 spiro atoms. The van der Waals surface area contributed by atoms with Gasteiger partial charge in [0.05, 0.1) is 11.0 Å². The summed E-state index contributed by atoms with van der Waals surface area (Å²) in [5.41, 5.74) is 16.3. The smallest absolute Gasteiger partial charge is 0.0541 e. The second kappa shape index (κ2) is 15.1. The number of hydrogen-bond acceptors (Lipinski definition) is 1.